The third-order valence-electron chi connectivity index (χ3n) is 4.57. The van der Waals surface area contributed by atoms with Crippen LogP contribution in [0, 0.1) is 16.7 Å². The number of hydrogen-bond donors (Lipinski definition) is 2. The van der Waals surface area contributed by atoms with Gasteiger partial charge in [-0.1, -0.05) is 34.1 Å². The van der Waals surface area contributed by atoms with E-state index in [2.05, 4.69) is 33.0 Å². The summed E-state index contributed by atoms with van der Waals surface area (Å²) in [6.45, 7) is 8.97. The van der Waals surface area contributed by atoms with Crippen molar-refractivity contribution in [3.63, 3.8) is 0 Å². The monoisotopic (exact) mass is 269 g/mol. The maximum absolute atomic E-state index is 11.9. The predicted molar refractivity (Wildman–Crippen MR) is 74.8 cm³/mol. The number of aliphatic carboxylic acids is 1. The molecule has 1 aliphatic rings. The smallest absolute Gasteiger partial charge is 0.303 e. The van der Waals surface area contributed by atoms with E-state index in [0.29, 0.717) is 18.9 Å². The van der Waals surface area contributed by atoms with Crippen LogP contribution in [0.2, 0.25) is 0 Å². The molecule has 0 radical (unpaired) electrons. The quantitative estimate of drug-likeness (QED) is 0.779. The molecular weight excluding hydrogens is 242 g/mol. The maximum atomic E-state index is 11.9. The summed E-state index contributed by atoms with van der Waals surface area (Å²) in [5.74, 6) is -0.416. The third kappa shape index (κ3) is 4.84. The highest BCUT2D eigenvalue weighted by atomic mass is 16.4. The summed E-state index contributed by atoms with van der Waals surface area (Å²) in [4.78, 5) is 22.8. The van der Waals surface area contributed by atoms with E-state index in [4.69, 9.17) is 5.11 Å². The molecule has 110 valence electrons. The predicted octanol–water partition coefficient (Wildman–Crippen LogP) is 2.82. The first-order chi connectivity index (χ1) is 8.65. The highest BCUT2D eigenvalue weighted by molar-refractivity contribution is 5.76. The zero-order valence-corrected chi connectivity index (χ0v) is 12.6. The lowest BCUT2D eigenvalue weighted by molar-refractivity contribution is -0.142. The SMILES string of the molecule is CC(CC(=O)NCC1(CC(=O)O)CCC1)C(C)(C)C. The molecule has 1 atom stereocenters. The van der Waals surface area contributed by atoms with E-state index < -0.39 is 5.97 Å². The first-order valence-corrected chi connectivity index (χ1v) is 7.13. The molecule has 1 fully saturated rings. The van der Waals surface area contributed by atoms with E-state index in [1.54, 1.807) is 0 Å². The van der Waals surface area contributed by atoms with Crippen molar-refractivity contribution in [1.82, 2.24) is 5.32 Å². The first-order valence-electron chi connectivity index (χ1n) is 7.13. The fraction of sp³-hybridized carbons (Fsp3) is 0.867. The Morgan fingerprint density at radius 2 is 1.89 bits per heavy atom. The summed E-state index contributed by atoms with van der Waals surface area (Å²) in [6.07, 6.45) is 3.57. The van der Waals surface area contributed by atoms with Gasteiger partial charge < -0.3 is 10.4 Å². The zero-order valence-electron chi connectivity index (χ0n) is 12.6. The number of carboxylic acids is 1. The summed E-state index contributed by atoms with van der Waals surface area (Å²) in [5, 5.41) is 11.9. The van der Waals surface area contributed by atoms with Gasteiger partial charge in [-0.25, -0.2) is 0 Å². The lowest BCUT2D eigenvalue weighted by atomic mass is 9.66. The Labute approximate surface area is 116 Å². The van der Waals surface area contributed by atoms with Crippen LogP contribution in [-0.2, 0) is 9.59 Å². The fourth-order valence-corrected chi connectivity index (χ4v) is 2.36. The highest BCUT2D eigenvalue weighted by Crippen LogP contribution is 2.43. The van der Waals surface area contributed by atoms with Crippen molar-refractivity contribution in [2.24, 2.45) is 16.7 Å². The van der Waals surface area contributed by atoms with Crippen LogP contribution in [0.4, 0.5) is 0 Å². The van der Waals surface area contributed by atoms with E-state index in [1.807, 2.05) is 0 Å². The summed E-state index contributed by atoms with van der Waals surface area (Å²) >= 11 is 0. The van der Waals surface area contributed by atoms with Crippen LogP contribution in [0.1, 0.15) is 59.8 Å². The molecule has 0 aromatic carbocycles. The van der Waals surface area contributed by atoms with Gasteiger partial charge in [-0.3, -0.25) is 9.59 Å². The van der Waals surface area contributed by atoms with Gasteiger partial charge in [0, 0.05) is 13.0 Å². The van der Waals surface area contributed by atoms with Gasteiger partial charge in [-0.05, 0) is 29.6 Å². The second-order valence-electron chi connectivity index (χ2n) is 7.17. The Hall–Kier alpha value is -1.06. The fourth-order valence-electron chi connectivity index (χ4n) is 2.36. The molecule has 1 amide bonds. The zero-order chi connectivity index (χ0) is 14.7. The van der Waals surface area contributed by atoms with Gasteiger partial charge in [-0.2, -0.15) is 0 Å². The molecule has 0 heterocycles. The van der Waals surface area contributed by atoms with Crippen LogP contribution < -0.4 is 5.32 Å². The minimum Gasteiger partial charge on any atom is -0.481 e. The number of carbonyl (C=O) groups is 2. The summed E-state index contributed by atoms with van der Waals surface area (Å²) in [7, 11) is 0. The molecule has 1 unspecified atom stereocenters. The molecule has 2 N–H and O–H groups in total. The largest absolute Gasteiger partial charge is 0.481 e. The van der Waals surface area contributed by atoms with Gasteiger partial charge in [-0.15, -0.1) is 0 Å². The molecule has 0 saturated heterocycles. The standard InChI is InChI=1S/C15H27NO3/c1-11(14(2,3)4)8-12(17)16-10-15(6-5-7-15)9-13(18)19/h11H,5-10H2,1-4H3,(H,16,17)(H,18,19). The molecule has 4 nitrogen and oxygen atoms in total. The lowest BCUT2D eigenvalue weighted by Crippen LogP contribution is -2.44. The van der Waals surface area contributed by atoms with Crippen LogP contribution in [-0.4, -0.2) is 23.5 Å². The molecule has 0 aliphatic heterocycles. The Bertz CT molecular complexity index is 340. The second kappa shape index (κ2) is 5.93. The molecule has 0 aromatic heterocycles. The Kier molecular flexibility index (Phi) is 4.99. The molecular formula is C15H27NO3. The number of carbonyl (C=O) groups excluding carboxylic acids is 1. The van der Waals surface area contributed by atoms with E-state index in [1.165, 1.54) is 0 Å². The average molecular weight is 269 g/mol. The van der Waals surface area contributed by atoms with Gasteiger partial charge in [0.05, 0.1) is 6.42 Å². The van der Waals surface area contributed by atoms with Crippen LogP contribution in [0.3, 0.4) is 0 Å². The van der Waals surface area contributed by atoms with Gasteiger partial charge in [0.2, 0.25) is 5.91 Å². The molecule has 4 heteroatoms. The second-order valence-corrected chi connectivity index (χ2v) is 7.17. The molecule has 0 spiro atoms. The van der Waals surface area contributed by atoms with Crippen molar-refractivity contribution in [2.75, 3.05) is 6.54 Å². The van der Waals surface area contributed by atoms with Gasteiger partial charge in [0.15, 0.2) is 0 Å². The van der Waals surface area contributed by atoms with Gasteiger partial charge in [0.25, 0.3) is 0 Å². The molecule has 1 rings (SSSR count). The van der Waals surface area contributed by atoms with Crippen molar-refractivity contribution >= 4 is 11.9 Å². The molecule has 1 saturated carbocycles. The van der Waals surface area contributed by atoms with E-state index in [9.17, 15) is 9.59 Å². The van der Waals surface area contributed by atoms with Gasteiger partial charge >= 0.3 is 5.97 Å². The number of hydrogen-bond acceptors (Lipinski definition) is 2. The highest BCUT2D eigenvalue weighted by Gasteiger charge is 2.39. The third-order valence-corrected chi connectivity index (χ3v) is 4.57. The van der Waals surface area contributed by atoms with E-state index in [0.717, 1.165) is 19.3 Å². The van der Waals surface area contributed by atoms with Crippen LogP contribution in [0.15, 0.2) is 0 Å². The average Bonchev–Trinajstić information content (AvgIpc) is 2.19. The number of rotatable bonds is 6. The van der Waals surface area contributed by atoms with Crippen LogP contribution in [0.5, 0.6) is 0 Å². The lowest BCUT2D eigenvalue weighted by Gasteiger charge is -2.41. The normalized spacial score (nSPS) is 19.4. The first kappa shape index (κ1) is 16.0. The number of amides is 1. The summed E-state index contributed by atoms with van der Waals surface area (Å²) in [6, 6.07) is 0. The van der Waals surface area contributed by atoms with Crippen molar-refractivity contribution in [2.45, 2.75) is 59.8 Å². The van der Waals surface area contributed by atoms with Crippen molar-refractivity contribution in [1.29, 1.82) is 0 Å². The van der Waals surface area contributed by atoms with E-state index in [-0.39, 0.29) is 23.2 Å². The Morgan fingerprint density at radius 1 is 1.32 bits per heavy atom. The van der Waals surface area contributed by atoms with Crippen LogP contribution in [0.25, 0.3) is 0 Å². The van der Waals surface area contributed by atoms with Crippen molar-refractivity contribution in [3.8, 4) is 0 Å². The number of nitrogens with one attached hydrogen (secondary N) is 1. The van der Waals surface area contributed by atoms with Gasteiger partial charge in [0.1, 0.15) is 0 Å². The van der Waals surface area contributed by atoms with Crippen molar-refractivity contribution < 1.29 is 14.7 Å². The molecule has 0 bridgehead atoms. The Balaban J connectivity index is 2.39. The van der Waals surface area contributed by atoms with E-state index >= 15 is 0 Å². The van der Waals surface area contributed by atoms with Crippen molar-refractivity contribution in [3.05, 3.63) is 0 Å². The summed E-state index contributed by atoms with van der Waals surface area (Å²) in [5.41, 5.74) is -0.0704. The molecule has 0 aromatic rings. The summed E-state index contributed by atoms with van der Waals surface area (Å²) < 4.78 is 0. The molecule has 1 aliphatic carbocycles. The van der Waals surface area contributed by atoms with Crippen LogP contribution >= 0.6 is 0 Å². The molecule has 19 heavy (non-hydrogen) atoms. The number of carboxylic acid groups (broad SMARTS) is 1. The maximum Gasteiger partial charge on any atom is 0.303 e. The minimum atomic E-state index is -0.767. The minimum absolute atomic E-state index is 0.0408. The Morgan fingerprint density at radius 3 is 2.26 bits per heavy atom. The topological polar surface area (TPSA) is 66.4 Å².